The van der Waals surface area contributed by atoms with E-state index in [1.165, 1.54) is 22.1 Å². The Hall–Kier alpha value is -2.34. The molecule has 1 atom stereocenters. The zero-order valence-corrected chi connectivity index (χ0v) is 14.5. The smallest absolute Gasteiger partial charge is 0.223 e. The van der Waals surface area contributed by atoms with Gasteiger partial charge in [0.15, 0.2) is 0 Å². The number of thiophene rings is 1. The van der Waals surface area contributed by atoms with Crippen LogP contribution in [0, 0.1) is 0 Å². The molecule has 4 rings (SSSR count). The minimum Gasteiger partial charge on any atom is -0.373 e. The molecule has 1 aliphatic heterocycles. The fourth-order valence-electron chi connectivity index (χ4n) is 3.50. The molecule has 124 valence electrons. The molecule has 2 aromatic heterocycles. The molecule has 6 heteroatoms. The lowest BCUT2D eigenvalue weighted by Gasteiger charge is -2.33. The fraction of sp³-hybridized carbons (Fsp3) is 0.333. The molecule has 1 aliphatic rings. The van der Waals surface area contributed by atoms with Crippen LogP contribution in [0.5, 0.6) is 0 Å². The summed E-state index contributed by atoms with van der Waals surface area (Å²) in [6.45, 7) is 1.98. The van der Waals surface area contributed by atoms with Crippen molar-refractivity contribution in [3.05, 3.63) is 41.3 Å². The number of benzene rings is 1. The number of nitrogens with zero attached hydrogens (tertiary/aromatic N) is 3. The second-order valence-corrected chi connectivity index (χ2v) is 7.10. The molecule has 1 fully saturated rings. The van der Waals surface area contributed by atoms with Crippen LogP contribution < -0.4 is 16.0 Å². The van der Waals surface area contributed by atoms with E-state index in [1.807, 2.05) is 24.5 Å². The van der Waals surface area contributed by atoms with Gasteiger partial charge in [0.2, 0.25) is 5.95 Å². The first kappa shape index (κ1) is 15.2. The molecule has 24 heavy (non-hydrogen) atoms. The number of aromatic nitrogens is 2. The Kier molecular flexibility index (Phi) is 3.98. The highest BCUT2D eigenvalue weighted by molar-refractivity contribution is 7.17. The Labute approximate surface area is 145 Å². The van der Waals surface area contributed by atoms with Crippen LogP contribution in [0.15, 0.2) is 35.7 Å². The van der Waals surface area contributed by atoms with Crippen LogP contribution in [0.1, 0.15) is 24.3 Å². The molecule has 3 aromatic rings. The Morgan fingerprint density at radius 1 is 1.29 bits per heavy atom. The highest BCUT2D eigenvalue weighted by Crippen LogP contribution is 2.36. The summed E-state index contributed by atoms with van der Waals surface area (Å²) >= 11 is 1.84. The number of nitrogens with two attached hydrogens (primary N) is 1. The standard InChI is InChI=1S/C18H21N5S/c1-20-16-9-17(22-18(19)21-16)23-8-4-5-12(10-23)14-11-24-15-7-3-2-6-13(14)15/h2-3,6-7,9,11-12H,4-5,8,10H2,1H3,(H3,19,20,21,22). The van der Waals surface area contributed by atoms with Crippen molar-refractivity contribution in [2.24, 2.45) is 0 Å². The van der Waals surface area contributed by atoms with E-state index in [9.17, 15) is 0 Å². The van der Waals surface area contributed by atoms with Crippen LogP contribution in [0.2, 0.25) is 0 Å². The minimum absolute atomic E-state index is 0.319. The first-order valence-corrected chi connectivity index (χ1v) is 9.16. The summed E-state index contributed by atoms with van der Waals surface area (Å²) in [5.41, 5.74) is 7.33. The Morgan fingerprint density at radius 3 is 3.04 bits per heavy atom. The first-order chi connectivity index (χ1) is 11.7. The lowest BCUT2D eigenvalue weighted by atomic mass is 9.90. The van der Waals surface area contributed by atoms with E-state index in [0.717, 1.165) is 31.1 Å². The SMILES string of the molecule is CNc1cc(N2CCCC(c3csc4ccccc34)C2)nc(N)n1. The highest BCUT2D eigenvalue weighted by Gasteiger charge is 2.24. The summed E-state index contributed by atoms with van der Waals surface area (Å²) in [4.78, 5) is 11.0. The molecule has 3 N–H and O–H groups in total. The predicted octanol–water partition coefficient (Wildman–Crippen LogP) is 3.70. The maximum atomic E-state index is 5.86. The second kappa shape index (κ2) is 6.28. The number of anilines is 3. The number of hydrogen-bond donors (Lipinski definition) is 2. The summed E-state index contributed by atoms with van der Waals surface area (Å²) in [6, 6.07) is 10.7. The number of nitrogens with one attached hydrogen (secondary N) is 1. The predicted molar refractivity (Wildman–Crippen MR) is 102 cm³/mol. The molecule has 0 amide bonds. The first-order valence-electron chi connectivity index (χ1n) is 8.28. The largest absolute Gasteiger partial charge is 0.373 e. The van der Waals surface area contributed by atoms with Gasteiger partial charge in [0.05, 0.1) is 0 Å². The zero-order chi connectivity index (χ0) is 16.5. The highest BCUT2D eigenvalue weighted by atomic mass is 32.1. The van der Waals surface area contributed by atoms with Crippen LogP contribution in [-0.2, 0) is 0 Å². The van der Waals surface area contributed by atoms with Crippen molar-refractivity contribution in [1.29, 1.82) is 0 Å². The Morgan fingerprint density at radius 2 is 2.17 bits per heavy atom. The quantitative estimate of drug-likeness (QED) is 0.761. The zero-order valence-electron chi connectivity index (χ0n) is 13.7. The van der Waals surface area contributed by atoms with Crippen molar-refractivity contribution < 1.29 is 0 Å². The molecule has 1 aromatic carbocycles. The normalized spacial score (nSPS) is 18.0. The molecule has 1 unspecified atom stereocenters. The van der Waals surface area contributed by atoms with Gasteiger partial charge in [-0.15, -0.1) is 11.3 Å². The van der Waals surface area contributed by atoms with Gasteiger partial charge in [-0.05, 0) is 35.2 Å². The molecule has 0 aliphatic carbocycles. The van der Waals surface area contributed by atoms with Gasteiger partial charge in [-0.3, -0.25) is 0 Å². The van der Waals surface area contributed by atoms with Crippen molar-refractivity contribution in [2.45, 2.75) is 18.8 Å². The van der Waals surface area contributed by atoms with Crippen molar-refractivity contribution in [1.82, 2.24) is 9.97 Å². The van der Waals surface area contributed by atoms with Crippen molar-refractivity contribution >= 4 is 39.0 Å². The summed E-state index contributed by atoms with van der Waals surface area (Å²) < 4.78 is 1.37. The summed E-state index contributed by atoms with van der Waals surface area (Å²) in [7, 11) is 1.85. The Bertz CT molecular complexity index is 859. The van der Waals surface area contributed by atoms with Crippen molar-refractivity contribution in [3.63, 3.8) is 0 Å². The van der Waals surface area contributed by atoms with Crippen LogP contribution in [0.3, 0.4) is 0 Å². The summed E-state index contributed by atoms with van der Waals surface area (Å²) in [5.74, 6) is 2.53. The number of nitrogen functional groups attached to an aromatic ring is 1. The fourth-order valence-corrected chi connectivity index (χ4v) is 4.54. The molecule has 5 nitrogen and oxygen atoms in total. The third kappa shape index (κ3) is 2.78. The van der Waals surface area contributed by atoms with E-state index in [2.05, 4.69) is 49.8 Å². The average molecular weight is 339 g/mol. The number of fused-ring (bicyclic) bond motifs is 1. The molecule has 0 saturated carbocycles. The molecular weight excluding hydrogens is 318 g/mol. The van der Waals surface area contributed by atoms with Crippen LogP contribution in [0.25, 0.3) is 10.1 Å². The van der Waals surface area contributed by atoms with Gasteiger partial charge >= 0.3 is 0 Å². The molecule has 0 spiro atoms. The average Bonchev–Trinajstić information content (AvgIpc) is 3.05. The van der Waals surface area contributed by atoms with Crippen LogP contribution in [-0.4, -0.2) is 30.1 Å². The van der Waals surface area contributed by atoms with E-state index in [0.29, 0.717) is 11.9 Å². The van der Waals surface area contributed by atoms with Gasteiger partial charge in [-0.2, -0.15) is 9.97 Å². The summed E-state index contributed by atoms with van der Waals surface area (Å²) in [5, 5.41) is 6.78. The van der Waals surface area contributed by atoms with Crippen LogP contribution >= 0.6 is 11.3 Å². The van der Waals surface area contributed by atoms with E-state index >= 15 is 0 Å². The minimum atomic E-state index is 0.319. The third-order valence-corrected chi connectivity index (χ3v) is 5.66. The number of hydrogen-bond acceptors (Lipinski definition) is 6. The second-order valence-electron chi connectivity index (χ2n) is 6.19. The van der Waals surface area contributed by atoms with Crippen LogP contribution in [0.4, 0.5) is 17.6 Å². The van der Waals surface area contributed by atoms with E-state index < -0.39 is 0 Å². The van der Waals surface area contributed by atoms with Gasteiger partial charge in [0.1, 0.15) is 11.6 Å². The lowest BCUT2D eigenvalue weighted by Crippen LogP contribution is -2.35. The van der Waals surface area contributed by atoms with E-state index in [1.54, 1.807) is 0 Å². The van der Waals surface area contributed by atoms with Gasteiger partial charge < -0.3 is 16.0 Å². The van der Waals surface area contributed by atoms with Gasteiger partial charge in [0, 0.05) is 36.8 Å². The van der Waals surface area contributed by atoms with E-state index in [-0.39, 0.29) is 0 Å². The maximum Gasteiger partial charge on any atom is 0.223 e. The maximum absolute atomic E-state index is 5.86. The van der Waals surface area contributed by atoms with E-state index in [4.69, 9.17) is 5.73 Å². The van der Waals surface area contributed by atoms with Gasteiger partial charge in [0.25, 0.3) is 0 Å². The molecule has 0 radical (unpaired) electrons. The number of rotatable bonds is 3. The Balaban J connectivity index is 1.63. The number of piperidine rings is 1. The molecule has 0 bridgehead atoms. The molecule has 1 saturated heterocycles. The summed E-state index contributed by atoms with van der Waals surface area (Å²) in [6.07, 6.45) is 2.38. The van der Waals surface area contributed by atoms with Crippen molar-refractivity contribution in [2.75, 3.05) is 36.1 Å². The molecular formula is C18H21N5S. The van der Waals surface area contributed by atoms with Gasteiger partial charge in [-0.25, -0.2) is 0 Å². The topological polar surface area (TPSA) is 67.1 Å². The van der Waals surface area contributed by atoms with Crippen molar-refractivity contribution in [3.8, 4) is 0 Å². The monoisotopic (exact) mass is 339 g/mol. The molecule has 3 heterocycles. The third-order valence-electron chi connectivity index (χ3n) is 4.68. The van der Waals surface area contributed by atoms with Gasteiger partial charge in [-0.1, -0.05) is 18.2 Å². The lowest BCUT2D eigenvalue weighted by molar-refractivity contribution is 0.510.